The number of aromatic nitrogens is 2. The van der Waals surface area contributed by atoms with Crippen LogP contribution in [0.4, 0.5) is 19.0 Å². The van der Waals surface area contributed by atoms with Crippen molar-refractivity contribution in [3.8, 4) is 11.3 Å². The van der Waals surface area contributed by atoms with Crippen LogP contribution < -0.4 is 5.32 Å². The average Bonchev–Trinajstić information content (AvgIpc) is 2.78. The Kier molecular flexibility index (Phi) is 5.46. The highest BCUT2D eigenvalue weighted by Crippen LogP contribution is 2.31. The second-order valence-electron chi connectivity index (χ2n) is 6.94. The van der Waals surface area contributed by atoms with Crippen molar-refractivity contribution in [3.63, 3.8) is 0 Å². The summed E-state index contributed by atoms with van der Waals surface area (Å²) < 4.78 is 38.1. The van der Waals surface area contributed by atoms with E-state index in [1.54, 1.807) is 0 Å². The number of alkyl halides is 3. The first-order chi connectivity index (χ1) is 12.3. The van der Waals surface area contributed by atoms with E-state index in [9.17, 15) is 13.2 Å². The molecule has 140 valence electrons. The predicted octanol–water partition coefficient (Wildman–Crippen LogP) is 4.37. The average molecular weight is 364 g/mol. The number of halogens is 3. The molecule has 7 heteroatoms. The first-order valence-corrected chi connectivity index (χ1v) is 8.80. The number of rotatable bonds is 3. The number of likely N-dealkylation sites (N-methyl/N-ethyl adjacent to an activating group) is 1. The predicted molar refractivity (Wildman–Crippen MR) is 96.0 cm³/mol. The van der Waals surface area contributed by atoms with Crippen LogP contribution in [0.3, 0.4) is 0 Å². The Morgan fingerprint density at radius 1 is 1.12 bits per heavy atom. The second-order valence-corrected chi connectivity index (χ2v) is 6.94. The molecule has 3 rings (SSSR count). The Labute approximate surface area is 151 Å². The lowest BCUT2D eigenvalue weighted by atomic mass is 10.1. The molecule has 1 aliphatic heterocycles. The van der Waals surface area contributed by atoms with Crippen LogP contribution in [0.2, 0.25) is 0 Å². The van der Waals surface area contributed by atoms with Gasteiger partial charge >= 0.3 is 6.18 Å². The maximum absolute atomic E-state index is 12.7. The molecule has 1 atom stereocenters. The minimum atomic E-state index is -4.33. The fraction of sp³-hybridized carbons (Fsp3) is 0.474. The smallest absolute Gasteiger partial charge is 0.365 e. The van der Waals surface area contributed by atoms with Crippen molar-refractivity contribution in [2.75, 3.05) is 25.5 Å². The Balaban J connectivity index is 1.75. The molecule has 0 radical (unpaired) electrons. The van der Waals surface area contributed by atoms with Crippen LogP contribution in [-0.4, -0.2) is 41.3 Å². The fourth-order valence-corrected chi connectivity index (χ4v) is 3.32. The van der Waals surface area contributed by atoms with Crippen molar-refractivity contribution >= 4 is 5.82 Å². The normalized spacial score (nSPS) is 19.2. The zero-order chi connectivity index (χ0) is 18.7. The molecular formula is C19H23F3N4. The molecular weight excluding hydrogens is 341 g/mol. The van der Waals surface area contributed by atoms with Crippen LogP contribution in [-0.2, 0) is 6.18 Å². The lowest BCUT2D eigenvalue weighted by Gasteiger charge is -2.21. The summed E-state index contributed by atoms with van der Waals surface area (Å²) in [6.45, 7) is 3.96. The topological polar surface area (TPSA) is 41.0 Å². The summed E-state index contributed by atoms with van der Waals surface area (Å²) in [4.78, 5) is 2.31. The highest BCUT2D eigenvalue weighted by atomic mass is 19.4. The maximum atomic E-state index is 12.7. The summed E-state index contributed by atoms with van der Waals surface area (Å²) in [5, 5.41) is 11.9. The van der Waals surface area contributed by atoms with Gasteiger partial charge in [0.2, 0.25) is 0 Å². The van der Waals surface area contributed by atoms with E-state index < -0.39 is 11.7 Å². The second kappa shape index (κ2) is 7.61. The van der Waals surface area contributed by atoms with Gasteiger partial charge in [-0.2, -0.15) is 13.2 Å². The number of benzene rings is 1. The summed E-state index contributed by atoms with van der Waals surface area (Å²) in [6, 6.07) is 7.26. The monoisotopic (exact) mass is 364 g/mol. The minimum Gasteiger partial charge on any atom is -0.365 e. The van der Waals surface area contributed by atoms with Crippen molar-refractivity contribution < 1.29 is 13.2 Å². The van der Waals surface area contributed by atoms with Gasteiger partial charge in [-0.05, 0) is 57.1 Å². The van der Waals surface area contributed by atoms with E-state index in [1.807, 2.05) is 13.0 Å². The quantitative estimate of drug-likeness (QED) is 0.878. The van der Waals surface area contributed by atoms with Crippen LogP contribution >= 0.6 is 0 Å². The van der Waals surface area contributed by atoms with Gasteiger partial charge in [0, 0.05) is 18.2 Å². The van der Waals surface area contributed by atoms with Crippen LogP contribution in [0, 0.1) is 6.92 Å². The van der Waals surface area contributed by atoms with E-state index in [1.165, 1.54) is 25.0 Å². The van der Waals surface area contributed by atoms with Gasteiger partial charge < -0.3 is 10.2 Å². The number of aryl methyl sites for hydroxylation is 1. The number of nitrogens with one attached hydrogen (secondary N) is 1. The molecule has 2 aromatic rings. The van der Waals surface area contributed by atoms with E-state index in [0.717, 1.165) is 37.2 Å². The number of nitrogens with zero attached hydrogens (tertiary/aromatic N) is 3. The van der Waals surface area contributed by atoms with Gasteiger partial charge in [0.25, 0.3) is 0 Å². The van der Waals surface area contributed by atoms with Crippen molar-refractivity contribution in [3.05, 3.63) is 41.5 Å². The van der Waals surface area contributed by atoms with Gasteiger partial charge in [-0.1, -0.05) is 18.6 Å². The molecule has 0 saturated carbocycles. The molecule has 1 fully saturated rings. The molecule has 0 aliphatic carbocycles. The zero-order valence-electron chi connectivity index (χ0n) is 15.0. The van der Waals surface area contributed by atoms with Gasteiger partial charge in [-0.25, -0.2) is 0 Å². The summed E-state index contributed by atoms with van der Waals surface area (Å²) >= 11 is 0. The molecule has 0 spiro atoms. The Hall–Kier alpha value is -2.15. The molecule has 1 saturated heterocycles. The third kappa shape index (κ3) is 4.52. The summed E-state index contributed by atoms with van der Waals surface area (Å²) in [7, 11) is 2.12. The van der Waals surface area contributed by atoms with Gasteiger partial charge in [-0.3, -0.25) is 0 Å². The third-order valence-corrected chi connectivity index (χ3v) is 4.70. The summed E-state index contributed by atoms with van der Waals surface area (Å²) in [6.07, 6.45) is -0.866. The lowest BCUT2D eigenvalue weighted by Crippen LogP contribution is -2.32. The number of likely N-dealkylation sites (tertiary alicyclic amines) is 1. The molecule has 0 unspecified atom stereocenters. The standard InChI is InChI=1S/C19H23F3N4/c1-13-11-17(23-16-5-3-4-10-26(2)12-16)24-25-18(13)14-6-8-15(9-7-14)19(20,21)22/h6-9,11,16H,3-5,10,12H2,1-2H3,(H,23,24)/t16-/m1/s1. The number of hydrogen-bond donors (Lipinski definition) is 1. The third-order valence-electron chi connectivity index (χ3n) is 4.70. The molecule has 0 bridgehead atoms. The SMILES string of the molecule is Cc1cc(N[C@@H]2CCCCN(C)C2)nnc1-c1ccc(C(F)(F)F)cc1. The van der Waals surface area contributed by atoms with Crippen LogP contribution in [0.15, 0.2) is 30.3 Å². The Morgan fingerprint density at radius 2 is 1.85 bits per heavy atom. The molecule has 1 aromatic carbocycles. The van der Waals surface area contributed by atoms with E-state index >= 15 is 0 Å². The van der Waals surface area contributed by atoms with E-state index in [2.05, 4.69) is 27.5 Å². The molecule has 1 aromatic heterocycles. The molecule has 26 heavy (non-hydrogen) atoms. The Morgan fingerprint density at radius 3 is 2.50 bits per heavy atom. The minimum absolute atomic E-state index is 0.327. The number of hydrogen-bond acceptors (Lipinski definition) is 4. The maximum Gasteiger partial charge on any atom is 0.416 e. The van der Waals surface area contributed by atoms with Gasteiger partial charge in [-0.15, -0.1) is 10.2 Å². The Bertz CT molecular complexity index is 743. The fourth-order valence-electron chi connectivity index (χ4n) is 3.32. The molecule has 1 N–H and O–H groups in total. The molecule has 4 nitrogen and oxygen atoms in total. The van der Waals surface area contributed by atoms with E-state index in [-0.39, 0.29) is 0 Å². The first kappa shape index (κ1) is 18.6. The number of anilines is 1. The van der Waals surface area contributed by atoms with Crippen molar-refractivity contribution in [2.24, 2.45) is 0 Å². The van der Waals surface area contributed by atoms with Crippen LogP contribution in [0.25, 0.3) is 11.3 Å². The van der Waals surface area contributed by atoms with Crippen LogP contribution in [0.1, 0.15) is 30.4 Å². The summed E-state index contributed by atoms with van der Waals surface area (Å²) in [5.41, 5.74) is 1.44. The van der Waals surface area contributed by atoms with E-state index in [0.29, 0.717) is 23.1 Å². The first-order valence-electron chi connectivity index (χ1n) is 8.80. The molecule has 1 aliphatic rings. The van der Waals surface area contributed by atoms with Gasteiger partial charge in [0.15, 0.2) is 0 Å². The van der Waals surface area contributed by atoms with Crippen molar-refractivity contribution in [1.29, 1.82) is 0 Å². The lowest BCUT2D eigenvalue weighted by molar-refractivity contribution is -0.137. The van der Waals surface area contributed by atoms with E-state index in [4.69, 9.17) is 0 Å². The largest absolute Gasteiger partial charge is 0.416 e. The van der Waals surface area contributed by atoms with Gasteiger partial charge in [0.1, 0.15) is 5.82 Å². The highest BCUT2D eigenvalue weighted by molar-refractivity contribution is 5.64. The van der Waals surface area contributed by atoms with Crippen molar-refractivity contribution in [1.82, 2.24) is 15.1 Å². The van der Waals surface area contributed by atoms with Crippen molar-refractivity contribution in [2.45, 2.75) is 38.4 Å². The molecule has 2 heterocycles. The zero-order valence-corrected chi connectivity index (χ0v) is 15.0. The summed E-state index contributed by atoms with van der Waals surface area (Å²) in [5.74, 6) is 0.707. The molecule has 0 amide bonds. The van der Waals surface area contributed by atoms with Crippen LogP contribution in [0.5, 0.6) is 0 Å². The van der Waals surface area contributed by atoms with Gasteiger partial charge in [0.05, 0.1) is 11.3 Å². The highest BCUT2D eigenvalue weighted by Gasteiger charge is 2.30.